The molecule has 2 unspecified atom stereocenters. The Morgan fingerprint density at radius 3 is 2.62 bits per heavy atom. The van der Waals surface area contributed by atoms with Crippen LogP contribution in [0.1, 0.15) is 55.8 Å². The zero-order valence-corrected chi connectivity index (χ0v) is 16.2. The van der Waals surface area contributed by atoms with Crippen LogP contribution in [-0.4, -0.2) is 55.2 Å². The van der Waals surface area contributed by atoms with Crippen LogP contribution in [-0.2, 0) is 10.0 Å². The average molecular weight is 380 g/mol. The van der Waals surface area contributed by atoms with Crippen LogP contribution in [0.15, 0.2) is 29.2 Å². The van der Waals surface area contributed by atoms with Crippen molar-refractivity contribution in [3.8, 4) is 0 Å². The van der Waals surface area contributed by atoms with Crippen molar-refractivity contribution >= 4 is 15.9 Å². The highest BCUT2D eigenvalue weighted by atomic mass is 32.2. The number of sulfonamides is 1. The van der Waals surface area contributed by atoms with Gasteiger partial charge in [-0.15, -0.1) is 0 Å². The lowest BCUT2D eigenvalue weighted by Crippen LogP contribution is -2.47. The smallest absolute Gasteiger partial charge is 0.254 e. The van der Waals surface area contributed by atoms with Crippen molar-refractivity contribution in [2.24, 2.45) is 5.73 Å². The quantitative estimate of drug-likeness (QED) is 0.869. The van der Waals surface area contributed by atoms with E-state index in [0.29, 0.717) is 25.2 Å². The van der Waals surface area contributed by atoms with Crippen LogP contribution in [0, 0.1) is 0 Å². The summed E-state index contributed by atoms with van der Waals surface area (Å²) in [7, 11) is -3.58. The fraction of sp³-hybridized carbons (Fsp3) is 0.632. The molecular formula is C19H29N3O3S. The van der Waals surface area contributed by atoms with Crippen LogP contribution in [0.4, 0.5) is 0 Å². The average Bonchev–Trinajstić information content (AvgIpc) is 2.67. The van der Waals surface area contributed by atoms with E-state index in [-0.39, 0.29) is 22.9 Å². The Hall–Kier alpha value is -1.44. The van der Waals surface area contributed by atoms with Crippen molar-refractivity contribution in [2.45, 2.75) is 62.4 Å². The topological polar surface area (TPSA) is 83.7 Å². The lowest BCUT2D eigenvalue weighted by molar-refractivity contribution is 0.0623. The predicted octanol–water partition coefficient (Wildman–Crippen LogP) is 2.20. The van der Waals surface area contributed by atoms with Crippen LogP contribution in [0.2, 0.25) is 0 Å². The third-order valence-corrected chi connectivity index (χ3v) is 7.60. The van der Waals surface area contributed by atoms with Gasteiger partial charge in [0.05, 0.1) is 4.90 Å². The van der Waals surface area contributed by atoms with Gasteiger partial charge in [-0.2, -0.15) is 4.31 Å². The van der Waals surface area contributed by atoms with E-state index in [2.05, 4.69) is 0 Å². The maximum absolute atomic E-state index is 13.1. The molecule has 1 amide bonds. The third kappa shape index (κ3) is 3.80. The van der Waals surface area contributed by atoms with Gasteiger partial charge in [-0.3, -0.25) is 4.79 Å². The first-order valence-corrected chi connectivity index (χ1v) is 11.0. The first-order chi connectivity index (χ1) is 12.4. The molecule has 0 bridgehead atoms. The Labute approximate surface area is 156 Å². The molecule has 0 aliphatic carbocycles. The Kier molecular flexibility index (Phi) is 5.99. The predicted molar refractivity (Wildman–Crippen MR) is 101 cm³/mol. The molecular weight excluding hydrogens is 350 g/mol. The van der Waals surface area contributed by atoms with E-state index in [1.54, 1.807) is 27.4 Å². The van der Waals surface area contributed by atoms with Crippen molar-refractivity contribution in [3.63, 3.8) is 0 Å². The molecule has 144 valence electrons. The summed E-state index contributed by atoms with van der Waals surface area (Å²) in [5.74, 6) is -0.121. The zero-order chi connectivity index (χ0) is 18.7. The fourth-order valence-corrected chi connectivity index (χ4v) is 5.78. The molecule has 0 radical (unpaired) electrons. The summed E-state index contributed by atoms with van der Waals surface area (Å²) >= 11 is 0. The molecule has 1 aromatic carbocycles. The monoisotopic (exact) mass is 379 g/mol. The number of likely N-dealkylation sites (tertiary alicyclic amines) is 1. The highest BCUT2D eigenvalue weighted by Crippen LogP contribution is 2.26. The van der Waals surface area contributed by atoms with Gasteiger partial charge in [0.1, 0.15) is 0 Å². The minimum atomic E-state index is -3.58. The molecule has 2 heterocycles. The number of carbonyl (C=O) groups excluding carboxylic acids is 1. The lowest BCUT2D eigenvalue weighted by Gasteiger charge is -2.35. The second-order valence-electron chi connectivity index (χ2n) is 7.37. The van der Waals surface area contributed by atoms with E-state index < -0.39 is 10.0 Å². The van der Waals surface area contributed by atoms with Crippen LogP contribution in [0.5, 0.6) is 0 Å². The van der Waals surface area contributed by atoms with Gasteiger partial charge >= 0.3 is 0 Å². The van der Waals surface area contributed by atoms with E-state index in [9.17, 15) is 13.2 Å². The first kappa shape index (κ1) is 19.3. The Morgan fingerprint density at radius 2 is 1.88 bits per heavy atom. The van der Waals surface area contributed by atoms with Crippen LogP contribution >= 0.6 is 0 Å². The number of nitrogens with zero attached hydrogens (tertiary/aromatic N) is 2. The number of carbonyl (C=O) groups is 1. The maximum atomic E-state index is 13.1. The summed E-state index contributed by atoms with van der Waals surface area (Å²) < 4.78 is 27.7. The van der Waals surface area contributed by atoms with Crippen LogP contribution in [0.25, 0.3) is 0 Å². The summed E-state index contributed by atoms with van der Waals surface area (Å²) in [5.41, 5.74) is 6.25. The largest absolute Gasteiger partial charge is 0.334 e. The minimum Gasteiger partial charge on any atom is -0.334 e. The molecule has 0 aromatic heterocycles. The second-order valence-corrected chi connectivity index (χ2v) is 9.26. The maximum Gasteiger partial charge on any atom is 0.254 e. The van der Waals surface area contributed by atoms with E-state index in [4.69, 9.17) is 5.73 Å². The van der Waals surface area contributed by atoms with Crippen molar-refractivity contribution in [1.29, 1.82) is 0 Å². The van der Waals surface area contributed by atoms with Gasteiger partial charge < -0.3 is 10.6 Å². The number of amides is 1. The van der Waals surface area contributed by atoms with E-state index in [1.165, 1.54) is 6.07 Å². The highest BCUT2D eigenvalue weighted by Gasteiger charge is 2.32. The van der Waals surface area contributed by atoms with Gasteiger partial charge in [-0.05, 0) is 57.2 Å². The molecule has 2 aliphatic heterocycles. The summed E-state index contributed by atoms with van der Waals surface area (Å²) in [6.07, 6.45) is 5.77. The zero-order valence-electron chi connectivity index (χ0n) is 15.4. The van der Waals surface area contributed by atoms with Gasteiger partial charge in [0, 0.05) is 37.3 Å². The summed E-state index contributed by atoms with van der Waals surface area (Å²) in [6.45, 7) is 3.62. The molecule has 7 heteroatoms. The normalized spacial score (nSPS) is 25.2. The van der Waals surface area contributed by atoms with Gasteiger partial charge in [0.25, 0.3) is 5.91 Å². The molecule has 2 N–H and O–H groups in total. The van der Waals surface area contributed by atoms with Gasteiger partial charge in [0.15, 0.2) is 0 Å². The molecule has 6 nitrogen and oxygen atoms in total. The van der Waals surface area contributed by atoms with Crippen molar-refractivity contribution in [1.82, 2.24) is 9.21 Å². The van der Waals surface area contributed by atoms with Gasteiger partial charge in [-0.1, -0.05) is 12.5 Å². The number of piperidine rings is 2. The van der Waals surface area contributed by atoms with E-state index in [1.807, 2.05) is 6.92 Å². The van der Waals surface area contributed by atoms with E-state index >= 15 is 0 Å². The minimum absolute atomic E-state index is 0.00294. The molecule has 26 heavy (non-hydrogen) atoms. The summed E-state index contributed by atoms with van der Waals surface area (Å²) in [4.78, 5) is 15.0. The molecule has 2 fully saturated rings. The fourth-order valence-electron chi connectivity index (χ4n) is 4.03. The number of rotatable bonds is 4. The Bertz CT molecular complexity index is 750. The lowest BCUT2D eigenvalue weighted by atomic mass is 10.0. The first-order valence-electron chi connectivity index (χ1n) is 9.58. The summed E-state index contributed by atoms with van der Waals surface area (Å²) in [6, 6.07) is 6.51. The Morgan fingerprint density at radius 1 is 1.15 bits per heavy atom. The molecule has 2 atom stereocenters. The molecule has 1 aromatic rings. The standard InChI is InChI=1S/C19H29N3O3S/c1-15-7-2-5-12-22(15)26(24,25)18-10-6-8-16(13-18)19(23)21-11-4-3-9-17(21)14-20/h6,8,10,13,15,17H,2-5,7,9,11-12,14,20H2,1H3. The van der Waals surface area contributed by atoms with E-state index in [0.717, 1.165) is 38.5 Å². The second kappa shape index (κ2) is 8.06. The van der Waals surface area contributed by atoms with Crippen molar-refractivity contribution < 1.29 is 13.2 Å². The van der Waals surface area contributed by atoms with Crippen LogP contribution < -0.4 is 5.73 Å². The third-order valence-electron chi connectivity index (χ3n) is 5.59. The molecule has 3 rings (SSSR count). The molecule has 2 aliphatic rings. The molecule has 2 saturated heterocycles. The van der Waals surface area contributed by atoms with Crippen molar-refractivity contribution in [2.75, 3.05) is 19.6 Å². The van der Waals surface area contributed by atoms with Gasteiger partial charge in [-0.25, -0.2) is 8.42 Å². The summed E-state index contributed by atoms with van der Waals surface area (Å²) in [5, 5.41) is 0. The SMILES string of the molecule is CC1CCCCN1S(=O)(=O)c1cccc(C(=O)N2CCCCC2CN)c1. The number of nitrogens with two attached hydrogens (primary N) is 1. The number of benzene rings is 1. The number of hydrogen-bond donors (Lipinski definition) is 1. The Balaban J connectivity index is 1.86. The number of hydrogen-bond acceptors (Lipinski definition) is 4. The van der Waals surface area contributed by atoms with Gasteiger partial charge in [0.2, 0.25) is 10.0 Å². The highest BCUT2D eigenvalue weighted by molar-refractivity contribution is 7.89. The molecule has 0 saturated carbocycles. The van der Waals surface area contributed by atoms with Crippen molar-refractivity contribution in [3.05, 3.63) is 29.8 Å². The molecule has 0 spiro atoms. The van der Waals surface area contributed by atoms with Crippen LogP contribution in [0.3, 0.4) is 0 Å².